The van der Waals surface area contributed by atoms with Crippen molar-refractivity contribution < 1.29 is 4.74 Å². The molecule has 0 bridgehead atoms. The van der Waals surface area contributed by atoms with Crippen molar-refractivity contribution in [3.63, 3.8) is 0 Å². The van der Waals surface area contributed by atoms with Crippen LogP contribution in [0.1, 0.15) is 24.9 Å². The van der Waals surface area contributed by atoms with E-state index in [2.05, 4.69) is 6.58 Å². The van der Waals surface area contributed by atoms with Crippen LogP contribution >= 0.6 is 0 Å². The fourth-order valence-corrected chi connectivity index (χ4v) is 1.15. The maximum Gasteiger partial charge on any atom is 0.119 e. The zero-order chi connectivity index (χ0) is 10.4. The zero-order valence-electron chi connectivity index (χ0n) is 8.57. The Morgan fingerprint density at radius 3 is 3.00 bits per heavy atom. The Balaban J connectivity index is 2.59. The van der Waals surface area contributed by atoms with Gasteiger partial charge in [0.2, 0.25) is 0 Å². The SMILES string of the molecule is C=CCCOc1cccc([C@H](C)N)c1. The first kappa shape index (κ1) is 10.8. The Bertz CT molecular complexity index is 294. The third-order valence-electron chi connectivity index (χ3n) is 1.97. The topological polar surface area (TPSA) is 35.2 Å². The van der Waals surface area contributed by atoms with E-state index in [1.807, 2.05) is 37.3 Å². The lowest BCUT2D eigenvalue weighted by Crippen LogP contribution is -2.05. The summed E-state index contributed by atoms with van der Waals surface area (Å²) in [5.41, 5.74) is 6.86. The Morgan fingerprint density at radius 1 is 1.57 bits per heavy atom. The molecule has 2 nitrogen and oxygen atoms in total. The van der Waals surface area contributed by atoms with Crippen molar-refractivity contribution in [1.29, 1.82) is 0 Å². The summed E-state index contributed by atoms with van der Waals surface area (Å²) in [7, 11) is 0. The second kappa shape index (κ2) is 5.45. The van der Waals surface area contributed by atoms with Crippen molar-refractivity contribution in [1.82, 2.24) is 0 Å². The molecule has 0 aromatic heterocycles. The van der Waals surface area contributed by atoms with Crippen molar-refractivity contribution >= 4 is 0 Å². The summed E-state index contributed by atoms with van der Waals surface area (Å²) in [4.78, 5) is 0. The van der Waals surface area contributed by atoms with E-state index in [1.165, 1.54) is 0 Å². The van der Waals surface area contributed by atoms with Gasteiger partial charge in [-0.3, -0.25) is 0 Å². The molecule has 14 heavy (non-hydrogen) atoms. The zero-order valence-corrected chi connectivity index (χ0v) is 8.57. The molecular formula is C12H17NO. The fourth-order valence-electron chi connectivity index (χ4n) is 1.15. The first-order valence-electron chi connectivity index (χ1n) is 4.83. The molecule has 0 fully saturated rings. The van der Waals surface area contributed by atoms with Crippen molar-refractivity contribution in [3.05, 3.63) is 42.5 Å². The van der Waals surface area contributed by atoms with Gasteiger partial charge < -0.3 is 10.5 Å². The average molecular weight is 191 g/mol. The maximum absolute atomic E-state index is 5.77. The molecule has 1 atom stereocenters. The Labute approximate surface area is 85.4 Å². The third kappa shape index (κ3) is 3.23. The summed E-state index contributed by atoms with van der Waals surface area (Å²) in [5.74, 6) is 0.877. The van der Waals surface area contributed by atoms with Crippen molar-refractivity contribution in [2.24, 2.45) is 5.73 Å². The van der Waals surface area contributed by atoms with Crippen LogP contribution in [-0.2, 0) is 0 Å². The van der Waals surface area contributed by atoms with E-state index in [1.54, 1.807) is 0 Å². The number of ether oxygens (including phenoxy) is 1. The van der Waals surface area contributed by atoms with Crippen molar-refractivity contribution in [3.8, 4) is 5.75 Å². The highest BCUT2D eigenvalue weighted by Gasteiger charge is 2.00. The lowest BCUT2D eigenvalue weighted by molar-refractivity contribution is 0.324. The predicted octanol–water partition coefficient (Wildman–Crippen LogP) is 2.66. The highest BCUT2D eigenvalue weighted by molar-refractivity contribution is 5.30. The molecule has 0 heterocycles. The molecule has 0 spiro atoms. The van der Waals surface area contributed by atoms with E-state index in [-0.39, 0.29) is 6.04 Å². The second-order valence-electron chi connectivity index (χ2n) is 3.29. The van der Waals surface area contributed by atoms with Crippen LogP contribution in [0.3, 0.4) is 0 Å². The van der Waals surface area contributed by atoms with E-state index in [0.29, 0.717) is 6.61 Å². The highest BCUT2D eigenvalue weighted by atomic mass is 16.5. The summed E-state index contributed by atoms with van der Waals surface area (Å²) >= 11 is 0. The van der Waals surface area contributed by atoms with Gasteiger partial charge in [-0.15, -0.1) is 6.58 Å². The summed E-state index contributed by atoms with van der Waals surface area (Å²) in [6.07, 6.45) is 2.71. The van der Waals surface area contributed by atoms with Crippen molar-refractivity contribution in [2.75, 3.05) is 6.61 Å². The largest absolute Gasteiger partial charge is 0.493 e. The van der Waals surface area contributed by atoms with E-state index in [0.717, 1.165) is 17.7 Å². The maximum atomic E-state index is 5.77. The molecule has 76 valence electrons. The Hall–Kier alpha value is -1.28. The normalized spacial score (nSPS) is 12.1. The number of hydrogen-bond acceptors (Lipinski definition) is 2. The third-order valence-corrected chi connectivity index (χ3v) is 1.97. The molecule has 1 rings (SSSR count). The number of hydrogen-bond donors (Lipinski definition) is 1. The van der Waals surface area contributed by atoms with Crippen LogP contribution in [-0.4, -0.2) is 6.61 Å². The van der Waals surface area contributed by atoms with Gasteiger partial charge in [-0.1, -0.05) is 18.2 Å². The minimum absolute atomic E-state index is 0.0537. The molecule has 0 aliphatic carbocycles. The summed E-state index contributed by atoms with van der Waals surface area (Å²) in [6, 6.07) is 7.94. The minimum atomic E-state index is 0.0537. The standard InChI is InChI=1S/C12H17NO/c1-3-4-8-14-12-7-5-6-11(9-12)10(2)13/h3,5-7,9-10H,1,4,8,13H2,2H3/t10-/m0/s1. The molecule has 0 saturated heterocycles. The lowest BCUT2D eigenvalue weighted by Gasteiger charge is -2.09. The molecule has 0 saturated carbocycles. The van der Waals surface area contributed by atoms with Gasteiger partial charge in [-0.25, -0.2) is 0 Å². The van der Waals surface area contributed by atoms with E-state index >= 15 is 0 Å². The van der Waals surface area contributed by atoms with Gasteiger partial charge in [0.1, 0.15) is 5.75 Å². The molecule has 0 radical (unpaired) electrons. The van der Waals surface area contributed by atoms with E-state index in [9.17, 15) is 0 Å². The van der Waals surface area contributed by atoms with Gasteiger partial charge in [-0.2, -0.15) is 0 Å². The smallest absolute Gasteiger partial charge is 0.119 e. The van der Waals surface area contributed by atoms with Crippen LogP contribution in [0.2, 0.25) is 0 Å². The molecule has 0 aliphatic rings. The van der Waals surface area contributed by atoms with Gasteiger partial charge in [-0.05, 0) is 31.0 Å². The molecule has 0 amide bonds. The highest BCUT2D eigenvalue weighted by Crippen LogP contribution is 2.17. The Morgan fingerprint density at radius 2 is 2.36 bits per heavy atom. The fraction of sp³-hybridized carbons (Fsp3) is 0.333. The van der Waals surface area contributed by atoms with Gasteiger partial charge in [0.15, 0.2) is 0 Å². The van der Waals surface area contributed by atoms with Crippen LogP contribution in [0.25, 0.3) is 0 Å². The van der Waals surface area contributed by atoms with Gasteiger partial charge in [0, 0.05) is 6.04 Å². The van der Waals surface area contributed by atoms with Crippen LogP contribution in [0.5, 0.6) is 5.75 Å². The van der Waals surface area contributed by atoms with Gasteiger partial charge in [0.25, 0.3) is 0 Å². The van der Waals surface area contributed by atoms with Crippen molar-refractivity contribution in [2.45, 2.75) is 19.4 Å². The molecule has 0 aliphatic heterocycles. The first-order chi connectivity index (χ1) is 6.74. The van der Waals surface area contributed by atoms with Gasteiger partial charge >= 0.3 is 0 Å². The minimum Gasteiger partial charge on any atom is -0.493 e. The van der Waals surface area contributed by atoms with Crippen LogP contribution in [0.15, 0.2) is 36.9 Å². The van der Waals surface area contributed by atoms with Crippen LogP contribution < -0.4 is 10.5 Å². The monoisotopic (exact) mass is 191 g/mol. The first-order valence-corrected chi connectivity index (χ1v) is 4.83. The quantitative estimate of drug-likeness (QED) is 0.573. The summed E-state index contributed by atoms with van der Waals surface area (Å²) in [5, 5.41) is 0. The van der Waals surface area contributed by atoms with Gasteiger partial charge in [0.05, 0.1) is 6.61 Å². The number of rotatable bonds is 5. The second-order valence-corrected chi connectivity index (χ2v) is 3.29. The molecule has 2 heteroatoms. The number of benzene rings is 1. The van der Waals surface area contributed by atoms with Crippen LogP contribution in [0.4, 0.5) is 0 Å². The van der Waals surface area contributed by atoms with E-state index < -0.39 is 0 Å². The molecular weight excluding hydrogens is 174 g/mol. The molecule has 2 N–H and O–H groups in total. The lowest BCUT2D eigenvalue weighted by atomic mass is 10.1. The molecule has 0 unspecified atom stereocenters. The molecule has 1 aromatic carbocycles. The predicted molar refractivity (Wildman–Crippen MR) is 59.4 cm³/mol. The summed E-state index contributed by atoms with van der Waals surface area (Å²) < 4.78 is 5.51. The Kier molecular flexibility index (Phi) is 4.20. The average Bonchev–Trinajstić information content (AvgIpc) is 2.19. The van der Waals surface area contributed by atoms with E-state index in [4.69, 9.17) is 10.5 Å². The molecule has 1 aromatic rings. The number of nitrogens with two attached hydrogens (primary N) is 1. The van der Waals surface area contributed by atoms with Crippen LogP contribution in [0, 0.1) is 0 Å². The summed E-state index contributed by atoms with van der Waals surface area (Å²) in [6.45, 7) is 6.27.